The van der Waals surface area contributed by atoms with Crippen LogP contribution in [0.25, 0.3) is 0 Å². The minimum Gasteiger partial charge on any atom is -0.493 e. The lowest BCUT2D eigenvalue weighted by Crippen LogP contribution is -2.24. The number of halogens is 1. The number of fused-ring (bicyclic) bond motifs is 1. The molecule has 2 heterocycles. The van der Waals surface area contributed by atoms with Crippen LogP contribution in [0.15, 0.2) is 28.1 Å². The summed E-state index contributed by atoms with van der Waals surface area (Å²) in [6, 6.07) is 5.85. The second kappa shape index (κ2) is 6.82. The zero-order valence-electron chi connectivity index (χ0n) is 15.8. The zero-order valence-corrected chi connectivity index (χ0v) is 17.4. The van der Waals surface area contributed by atoms with Gasteiger partial charge in [-0.2, -0.15) is 5.26 Å². The van der Waals surface area contributed by atoms with Crippen LogP contribution in [-0.2, 0) is 5.41 Å². The van der Waals surface area contributed by atoms with Gasteiger partial charge in [-0.25, -0.2) is 0 Å². The van der Waals surface area contributed by atoms with Gasteiger partial charge < -0.3 is 19.9 Å². The van der Waals surface area contributed by atoms with E-state index in [2.05, 4.69) is 53.0 Å². The molecule has 1 aromatic carbocycles. The molecule has 0 saturated carbocycles. The molecule has 3 N–H and O–H groups in total. The number of benzene rings is 1. The fourth-order valence-electron chi connectivity index (χ4n) is 3.22. The quantitative estimate of drug-likeness (QED) is 0.765. The van der Waals surface area contributed by atoms with Crippen LogP contribution in [0.3, 0.4) is 0 Å². The summed E-state index contributed by atoms with van der Waals surface area (Å²) in [7, 11) is 3.14. The van der Waals surface area contributed by atoms with Gasteiger partial charge in [0.25, 0.3) is 0 Å². The second-order valence-electron chi connectivity index (χ2n) is 7.22. The number of nitrogens with two attached hydrogens (primary N) is 1. The van der Waals surface area contributed by atoms with E-state index in [0.717, 1.165) is 21.3 Å². The first-order valence-corrected chi connectivity index (χ1v) is 9.10. The van der Waals surface area contributed by atoms with Crippen molar-refractivity contribution in [2.45, 2.75) is 32.1 Å². The summed E-state index contributed by atoms with van der Waals surface area (Å²) in [5, 5.41) is 17.1. The van der Waals surface area contributed by atoms with Crippen LogP contribution in [0.4, 0.5) is 0 Å². The van der Waals surface area contributed by atoms with Crippen LogP contribution in [0.1, 0.15) is 43.5 Å². The molecular formula is C19H21BrN4O3. The van der Waals surface area contributed by atoms with Crippen molar-refractivity contribution >= 4 is 15.9 Å². The Labute approximate surface area is 166 Å². The highest BCUT2D eigenvalue weighted by Gasteiger charge is 2.39. The van der Waals surface area contributed by atoms with E-state index in [9.17, 15) is 5.26 Å². The van der Waals surface area contributed by atoms with Crippen molar-refractivity contribution in [3.8, 4) is 23.4 Å². The molecule has 1 aliphatic heterocycles. The number of aromatic nitrogens is 2. The lowest BCUT2D eigenvalue weighted by atomic mass is 9.78. The van der Waals surface area contributed by atoms with Crippen molar-refractivity contribution < 1.29 is 14.2 Å². The van der Waals surface area contributed by atoms with Crippen molar-refractivity contribution in [2.24, 2.45) is 5.73 Å². The molecule has 0 spiro atoms. The predicted molar refractivity (Wildman–Crippen MR) is 104 cm³/mol. The maximum atomic E-state index is 9.80. The molecule has 8 heteroatoms. The number of H-pyrrole nitrogens is 1. The van der Waals surface area contributed by atoms with Gasteiger partial charge in [-0.15, -0.1) is 5.10 Å². The van der Waals surface area contributed by atoms with Crippen LogP contribution in [0, 0.1) is 11.3 Å². The molecule has 7 nitrogen and oxygen atoms in total. The van der Waals surface area contributed by atoms with Gasteiger partial charge in [0.1, 0.15) is 11.6 Å². The van der Waals surface area contributed by atoms with Crippen molar-refractivity contribution in [1.29, 1.82) is 5.26 Å². The Morgan fingerprint density at radius 3 is 2.44 bits per heavy atom. The van der Waals surface area contributed by atoms with Crippen LogP contribution in [-0.4, -0.2) is 24.4 Å². The number of aromatic amines is 1. The molecule has 0 amide bonds. The third-order valence-electron chi connectivity index (χ3n) is 4.50. The van der Waals surface area contributed by atoms with E-state index >= 15 is 0 Å². The molecule has 1 atom stereocenters. The Kier molecular flexibility index (Phi) is 4.82. The topological polar surface area (TPSA) is 106 Å². The molecule has 3 rings (SSSR count). The van der Waals surface area contributed by atoms with Gasteiger partial charge in [0.15, 0.2) is 11.5 Å². The molecule has 142 valence electrons. The average Bonchev–Trinajstić information content (AvgIpc) is 3.04. The van der Waals surface area contributed by atoms with Gasteiger partial charge >= 0.3 is 0 Å². The van der Waals surface area contributed by atoms with E-state index in [-0.39, 0.29) is 11.3 Å². The number of ether oxygens (including phenoxy) is 3. The first-order chi connectivity index (χ1) is 12.7. The molecule has 1 unspecified atom stereocenters. The molecular weight excluding hydrogens is 412 g/mol. The third-order valence-corrected chi connectivity index (χ3v) is 5.19. The molecule has 1 aromatic heterocycles. The fraction of sp³-hybridized carbons (Fsp3) is 0.368. The zero-order chi connectivity index (χ0) is 19.9. The largest absolute Gasteiger partial charge is 0.493 e. The minimum absolute atomic E-state index is 0.0450. The molecule has 1 aliphatic rings. The molecule has 0 bridgehead atoms. The predicted octanol–water partition coefficient (Wildman–Crippen LogP) is 3.71. The number of nitrogens with one attached hydrogen (secondary N) is 1. The number of nitrogens with zero attached hydrogens (tertiary/aromatic N) is 2. The van der Waals surface area contributed by atoms with Gasteiger partial charge in [-0.3, -0.25) is 5.10 Å². The number of nitriles is 1. The Morgan fingerprint density at radius 2 is 1.89 bits per heavy atom. The Bertz CT molecular complexity index is 967. The summed E-state index contributed by atoms with van der Waals surface area (Å²) >= 11 is 3.60. The van der Waals surface area contributed by atoms with Crippen LogP contribution in [0.5, 0.6) is 17.4 Å². The van der Waals surface area contributed by atoms with E-state index in [0.29, 0.717) is 23.0 Å². The molecule has 0 aliphatic carbocycles. The summed E-state index contributed by atoms with van der Waals surface area (Å²) in [6.07, 6.45) is 0. The van der Waals surface area contributed by atoms with E-state index < -0.39 is 5.92 Å². The number of allylic oxidation sites excluding steroid dienone is 1. The molecule has 0 radical (unpaired) electrons. The average molecular weight is 433 g/mol. The lowest BCUT2D eigenvalue weighted by molar-refractivity contribution is 0.353. The number of hydrogen-bond donors (Lipinski definition) is 2. The van der Waals surface area contributed by atoms with Crippen molar-refractivity contribution in [2.75, 3.05) is 14.2 Å². The van der Waals surface area contributed by atoms with E-state index in [1.165, 1.54) is 0 Å². The van der Waals surface area contributed by atoms with Crippen LogP contribution in [0.2, 0.25) is 0 Å². The van der Waals surface area contributed by atoms with Gasteiger partial charge in [-0.05, 0) is 17.7 Å². The van der Waals surface area contributed by atoms with Crippen molar-refractivity contribution in [1.82, 2.24) is 10.2 Å². The summed E-state index contributed by atoms with van der Waals surface area (Å²) < 4.78 is 17.2. The van der Waals surface area contributed by atoms with Gasteiger partial charge in [0.2, 0.25) is 11.8 Å². The van der Waals surface area contributed by atoms with E-state index in [1.807, 2.05) is 12.1 Å². The maximum absolute atomic E-state index is 9.80. The van der Waals surface area contributed by atoms with E-state index in [1.54, 1.807) is 14.2 Å². The van der Waals surface area contributed by atoms with Crippen LogP contribution < -0.4 is 19.9 Å². The number of hydrogen-bond acceptors (Lipinski definition) is 6. The van der Waals surface area contributed by atoms with Gasteiger partial charge in [0.05, 0.1) is 25.7 Å². The van der Waals surface area contributed by atoms with Gasteiger partial charge in [0, 0.05) is 15.6 Å². The highest BCUT2D eigenvalue weighted by Crippen LogP contribution is 2.49. The maximum Gasteiger partial charge on any atom is 0.244 e. The summed E-state index contributed by atoms with van der Waals surface area (Å²) in [5.41, 5.74) is 8.60. The Hall–Kier alpha value is -2.66. The smallest absolute Gasteiger partial charge is 0.244 e. The minimum atomic E-state index is -0.457. The standard InChI is InChI=1S/C19H21BrN4O3/c1-19(2,3)16-15-14(10(8-21)17(22)27-18(15)24-23-16)9-6-12(25-4)13(26-5)7-11(9)20/h6-7,14H,22H2,1-5H3,(H,23,24). The molecule has 0 saturated heterocycles. The number of methoxy groups -OCH3 is 2. The summed E-state index contributed by atoms with van der Waals surface area (Å²) in [6.45, 7) is 6.19. The second-order valence-corrected chi connectivity index (χ2v) is 8.08. The molecule has 2 aromatic rings. The van der Waals surface area contributed by atoms with Crippen molar-refractivity contribution in [3.05, 3.63) is 44.9 Å². The van der Waals surface area contributed by atoms with Crippen molar-refractivity contribution in [3.63, 3.8) is 0 Å². The summed E-state index contributed by atoms with van der Waals surface area (Å²) in [4.78, 5) is 0. The lowest BCUT2D eigenvalue weighted by Gasteiger charge is -2.28. The molecule has 0 fully saturated rings. The normalized spacial score (nSPS) is 16.4. The van der Waals surface area contributed by atoms with E-state index in [4.69, 9.17) is 19.9 Å². The Morgan fingerprint density at radius 1 is 1.26 bits per heavy atom. The first kappa shape index (κ1) is 19.1. The fourth-order valence-corrected chi connectivity index (χ4v) is 3.77. The first-order valence-electron chi connectivity index (χ1n) is 8.30. The third kappa shape index (κ3) is 3.12. The SMILES string of the molecule is COc1cc(Br)c(C2C(C#N)=C(N)Oc3n[nH]c(C(C)(C)C)c32)cc1OC. The van der Waals surface area contributed by atoms with Gasteiger partial charge in [-0.1, -0.05) is 36.7 Å². The molecule has 27 heavy (non-hydrogen) atoms. The highest BCUT2D eigenvalue weighted by atomic mass is 79.9. The number of rotatable bonds is 3. The Balaban J connectivity index is 2.32. The summed E-state index contributed by atoms with van der Waals surface area (Å²) in [5.74, 6) is 1.10. The monoisotopic (exact) mass is 432 g/mol. The highest BCUT2D eigenvalue weighted by molar-refractivity contribution is 9.10. The van der Waals surface area contributed by atoms with Crippen LogP contribution >= 0.6 is 15.9 Å².